The molecule has 9 heteroatoms. The van der Waals surface area contributed by atoms with Crippen molar-refractivity contribution in [3.63, 3.8) is 0 Å². The van der Waals surface area contributed by atoms with Crippen molar-refractivity contribution in [1.82, 2.24) is 14.8 Å². The van der Waals surface area contributed by atoms with E-state index in [-0.39, 0.29) is 17.9 Å². The number of rotatable bonds is 7. The summed E-state index contributed by atoms with van der Waals surface area (Å²) in [5, 5.41) is 2.23. The minimum Gasteiger partial charge on any atom is -0.489 e. The highest BCUT2D eigenvalue weighted by atomic mass is 19.1. The Labute approximate surface area is 217 Å². The Kier molecular flexibility index (Phi) is 6.66. The van der Waals surface area contributed by atoms with Crippen LogP contribution >= 0.6 is 0 Å². The van der Waals surface area contributed by atoms with Crippen LogP contribution in [-0.2, 0) is 22.7 Å². The zero-order chi connectivity index (χ0) is 26.8. The summed E-state index contributed by atoms with van der Waals surface area (Å²) in [5.74, 6) is -0.649. The number of nitrogens with zero attached hydrogens (tertiary/aromatic N) is 2. The number of nitrogens with one attached hydrogen (secondary N) is 1. The molecule has 5 rings (SSSR count). The number of furan rings is 1. The fraction of sp³-hybridized carbons (Fsp3) is 0.138. The van der Waals surface area contributed by atoms with Crippen molar-refractivity contribution in [2.75, 3.05) is 0 Å². The molecule has 1 aliphatic heterocycles. The summed E-state index contributed by atoms with van der Waals surface area (Å²) in [6.45, 7) is 4.03. The predicted molar refractivity (Wildman–Crippen MR) is 137 cm³/mol. The van der Waals surface area contributed by atoms with Crippen LogP contribution in [0.25, 0.3) is 11.8 Å². The van der Waals surface area contributed by atoms with Crippen LogP contribution in [0, 0.1) is 19.7 Å². The number of halogens is 1. The van der Waals surface area contributed by atoms with Crippen LogP contribution in [0.4, 0.5) is 9.18 Å². The minimum atomic E-state index is -0.791. The lowest BCUT2D eigenvalue weighted by atomic mass is 10.1. The number of carbonyl (C=O) groups excluding carboxylic acids is 3. The molecule has 1 fully saturated rings. The topological polar surface area (TPSA) is 93.8 Å². The van der Waals surface area contributed by atoms with E-state index < -0.39 is 17.8 Å². The van der Waals surface area contributed by atoms with E-state index in [2.05, 4.69) is 5.32 Å². The van der Waals surface area contributed by atoms with Crippen molar-refractivity contribution in [3.8, 4) is 11.4 Å². The van der Waals surface area contributed by atoms with E-state index in [1.165, 1.54) is 24.5 Å². The van der Waals surface area contributed by atoms with E-state index in [1.807, 2.05) is 48.7 Å². The molecule has 38 heavy (non-hydrogen) atoms. The van der Waals surface area contributed by atoms with Crippen molar-refractivity contribution in [2.24, 2.45) is 0 Å². The molecule has 0 bridgehead atoms. The molecule has 0 atom stereocenters. The Hall–Kier alpha value is -4.92. The van der Waals surface area contributed by atoms with Crippen LogP contribution in [0.3, 0.4) is 0 Å². The van der Waals surface area contributed by atoms with E-state index in [1.54, 1.807) is 24.3 Å². The summed E-state index contributed by atoms with van der Waals surface area (Å²) in [6.07, 6.45) is 2.95. The zero-order valence-corrected chi connectivity index (χ0v) is 20.7. The first kappa shape index (κ1) is 24.8. The first-order valence-electron chi connectivity index (χ1n) is 11.9. The van der Waals surface area contributed by atoms with Gasteiger partial charge in [0, 0.05) is 17.1 Å². The highest BCUT2D eigenvalue weighted by Crippen LogP contribution is 2.26. The third-order valence-electron chi connectivity index (χ3n) is 6.26. The van der Waals surface area contributed by atoms with E-state index in [4.69, 9.17) is 9.15 Å². The number of amides is 4. The van der Waals surface area contributed by atoms with Gasteiger partial charge in [0.15, 0.2) is 0 Å². The molecule has 4 aromatic rings. The molecule has 0 unspecified atom stereocenters. The molecule has 0 spiro atoms. The standard InChI is InChI=1S/C29H24FN3O5/c1-18-14-21(15-26-27(34)31-29(36)32(28(26)35)16-25-4-3-13-37-25)19(2)33(18)23-9-11-24(12-10-23)38-17-20-5-7-22(30)8-6-20/h3-15H,16-17H2,1-2H3,(H,31,34,36)/b26-15+. The quantitative estimate of drug-likeness (QED) is 0.275. The largest absolute Gasteiger partial charge is 0.489 e. The van der Waals surface area contributed by atoms with Gasteiger partial charge in [0.25, 0.3) is 11.8 Å². The van der Waals surface area contributed by atoms with Crippen LogP contribution in [0.2, 0.25) is 0 Å². The number of aromatic nitrogens is 1. The number of ether oxygens (including phenoxy) is 1. The lowest BCUT2D eigenvalue weighted by Crippen LogP contribution is -2.53. The lowest BCUT2D eigenvalue weighted by molar-refractivity contribution is -0.130. The second-order valence-electron chi connectivity index (χ2n) is 8.86. The molecule has 2 aromatic heterocycles. The average molecular weight is 514 g/mol. The molecule has 0 aliphatic carbocycles. The minimum absolute atomic E-state index is 0.0864. The number of urea groups is 1. The van der Waals surface area contributed by atoms with Crippen molar-refractivity contribution in [2.45, 2.75) is 27.0 Å². The first-order chi connectivity index (χ1) is 18.3. The summed E-state index contributed by atoms with van der Waals surface area (Å²) in [5.41, 5.74) is 3.96. The van der Waals surface area contributed by atoms with Gasteiger partial charge in [-0.1, -0.05) is 12.1 Å². The summed E-state index contributed by atoms with van der Waals surface area (Å²) in [6, 6.07) is 18.0. The fourth-order valence-electron chi connectivity index (χ4n) is 4.32. The molecule has 1 N–H and O–H groups in total. The molecular formula is C29H24FN3O5. The molecule has 4 amide bonds. The van der Waals surface area contributed by atoms with Gasteiger partial charge in [-0.15, -0.1) is 0 Å². The fourth-order valence-corrected chi connectivity index (χ4v) is 4.32. The van der Waals surface area contributed by atoms with Crippen molar-refractivity contribution < 1.29 is 27.9 Å². The monoisotopic (exact) mass is 513 g/mol. The van der Waals surface area contributed by atoms with Crippen LogP contribution in [0.5, 0.6) is 5.75 Å². The van der Waals surface area contributed by atoms with E-state index in [0.717, 1.165) is 27.5 Å². The maximum Gasteiger partial charge on any atom is 0.331 e. The van der Waals surface area contributed by atoms with Gasteiger partial charge in [-0.3, -0.25) is 19.8 Å². The van der Waals surface area contributed by atoms with Crippen molar-refractivity contribution in [1.29, 1.82) is 0 Å². The summed E-state index contributed by atoms with van der Waals surface area (Å²) in [4.78, 5) is 38.8. The first-order valence-corrected chi connectivity index (χ1v) is 11.9. The lowest BCUT2D eigenvalue weighted by Gasteiger charge is -2.25. The molecule has 192 valence electrons. The molecule has 2 aromatic carbocycles. The van der Waals surface area contributed by atoms with Crippen LogP contribution in [-0.4, -0.2) is 27.3 Å². The smallest absolute Gasteiger partial charge is 0.331 e. The highest BCUT2D eigenvalue weighted by molar-refractivity contribution is 6.31. The van der Waals surface area contributed by atoms with Gasteiger partial charge in [-0.2, -0.15) is 0 Å². The van der Waals surface area contributed by atoms with E-state index in [0.29, 0.717) is 23.7 Å². The molecule has 1 aliphatic rings. The number of barbiturate groups is 1. The van der Waals surface area contributed by atoms with E-state index in [9.17, 15) is 18.8 Å². The van der Waals surface area contributed by atoms with Gasteiger partial charge in [0.2, 0.25) is 0 Å². The van der Waals surface area contributed by atoms with E-state index >= 15 is 0 Å². The second-order valence-corrected chi connectivity index (χ2v) is 8.86. The summed E-state index contributed by atoms with van der Waals surface area (Å²) in [7, 11) is 0. The highest BCUT2D eigenvalue weighted by Gasteiger charge is 2.36. The van der Waals surface area contributed by atoms with Crippen molar-refractivity contribution >= 4 is 23.9 Å². The molecule has 1 saturated heterocycles. The third kappa shape index (κ3) is 4.99. The number of hydrogen-bond acceptors (Lipinski definition) is 5. The van der Waals surface area contributed by atoms with Crippen LogP contribution in [0.15, 0.2) is 83.0 Å². The Bertz CT molecular complexity index is 1530. The van der Waals surface area contributed by atoms with Crippen LogP contribution < -0.4 is 10.1 Å². The second kappa shape index (κ2) is 10.2. The Morgan fingerprint density at radius 2 is 1.74 bits per heavy atom. The van der Waals surface area contributed by atoms with Crippen molar-refractivity contribution in [3.05, 3.63) is 113 Å². The molecule has 0 saturated carbocycles. The SMILES string of the molecule is Cc1cc(/C=C2\C(=O)NC(=O)N(Cc3ccco3)C2=O)c(C)n1-c1ccc(OCc2ccc(F)cc2)cc1. The molecule has 8 nitrogen and oxygen atoms in total. The van der Waals surface area contributed by atoms with Gasteiger partial charge in [0.05, 0.1) is 12.8 Å². The molecule has 0 radical (unpaired) electrons. The molecule has 3 heterocycles. The average Bonchev–Trinajstić information content (AvgIpc) is 3.51. The third-order valence-corrected chi connectivity index (χ3v) is 6.26. The Morgan fingerprint density at radius 1 is 1.00 bits per heavy atom. The molecular weight excluding hydrogens is 489 g/mol. The van der Waals surface area contributed by atoms with Gasteiger partial charge in [-0.05, 0) is 85.6 Å². The van der Waals surface area contributed by atoms with Gasteiger partial charge < -0.3 is 13.7 Å². The van der Waals surface area contributed by atoms with Gasteiger partial charge in [-0.25, -0.2) is 9.18 Å². The number of imide groups is 2. The van der Waals surface area contributed by atoms with Crippen LogP contribution in [0.1, 0.15) is 28.3 Å². The van der Waals surface area contributed by atoms with Gasteiger partial charge >= 0.3 is 6.03 Å². The summed E-state index contributed by atoms with van der Waals surface area (Å²) >= 11 is 0. The number of aryl methyl sites for hydroxylation is 1. The number of hydrogen-bond donors (Lipinski definition) is 1. The maximum atomic E-state index is 13.1. The predicted octanol–water partition coefficient (Wildman–Crippen LogP) is 5.07. The number of benzene rings is 2. The Balaban J connectivity index is 1.36. The normalized spacial score (nSPS) is 14.8. The Morgan fingerprint density at radius 3 is 2.42 bits per heavy atom. The number of carbonyl (C=O) groups is 3. The summed E-state index contributed by atoms with van der Waals surface area (Å²) < 4.78 is 26.1. The van der Waals surface area contributed by atoms with Gasteiger partial charge in [0.1, 0.15) is 29.5 Å². The zero-order valence-electron chi connectivity index (χ0n) is 20.7. The maximum absolute atomic E-state index is 13.1.